The fourth-order valence-corrected chi connectivity index (χ4v) is 3.62. The van der Waals surface area contributed by atoms with Crippen LogP contribution in [0.25, 0.3) is 11.3 Å². The molecule has 0 bridgehead atoms. The molecule has 3 heterocycles. The topological polar surface area (TPSA) is 71.0 Å². The molecular weight excluding hydrogens is 386 g/mol. The highest BCUT2D eigenvalue weighted by Gasteiger charge is 2.26. The summed E-state index contributed by atoms with van der Waals surface area (Å²) in [7, 11) is 0. The quantitative estimate of drug-likeness (QED) is 0.697. The molecule has 0 saturated carbocycles. The molecule has 7 heteroatoms. The molecule has 0 radical (unpaired) electrons. The molecule has 1 aliphatic rings. The minimum absolute atomic E-state index is 0.0612. The van der Waals surface area contributed by atoms with Crippen molar-refractivity contribution in [1.29, 1.82) is 0 Å². The number of hydrogen-bond donors (Lipinski definition) is 1. The van der Waals surface area contributed by atoms with Crippen LogP contribution in [0, 0.1) is 5.92 Å². The summed E-state index contributed by atoms with van der Waals surface area (Å²) in [5, 5.41) is 12.4. The van der Waals surface area contributed by atoms with E-state index in [0.717, 1.165) is 42.2 Å². The first-order valence-electron chi connectivity index (χ1n) is 9.71. The molecule has 0 aliphatic carbocycles. The van der Waals surface area contributed by atoms with Gasteiger partial charge >= 0.3 is 0 Å². The standard InChI is InChI=1S/C22H22ClN5O/c23-18-8-6-16(7-9-18)20-10-11-21(27-26-20)28-13-3-4-17(15-28)22(29)25-14-19-5-1-2-12-24-19/h1-2,5-12,17H,3-4,13-15H2,(H,25,29)/t17-/m0/s1. The van der Waals surface area contributed by atoms with Crippen LogP contribution in [0.15, 0.2) is 60.8 Å². The average molecular weight is 408 g/mol. The number of nitrogens with one attached hydrogen (secondary N) is 1. The molecule has 2 aromatic heterocycles. The third-order valence-electron chi connectivity index (χ3n) is 5.08. The summed E-state index contributed by atoms with van der Waals surface area (Å²) in [5.74, 6) is 0.793. The molecule has 1 saturated heterocycles. The molecule has 0 spiro atoms. The van der Waals surface area contributed by atoms with Gasteiger partial charge in [0.15, 0.2) is 5.82 Å². The number of benzene rings is 1. The first-order chi connectivity index (χ1) is 14.2. The van der Waals surface area contributed by atoms with Gasteiger partial charge in [-0.3, -0.25) is 9.78 Å². The molecule has 1 fully saturated rings. The van der Waals surface area contributed by atoms with E-state index < -0.39 is 0 Å². The van der Waals surface area contributed by atoms with Crippen molar-refractivity contribution in [2.75, 3.05) is 18.0 Å². The number of halogens is 1. The van der Waals surface area contributed by atoms with Crippen LogP contribution in [0.1, 0.15) is 18.5 Å². The second-order valence-electron chi connectivity index (χ2n) is 7.11. The lowest BCUT2D eigenvalue weighted by Gasteiger charge is -2.32. The lowest BCUT2D eigenvalue weighted by molar-refractivity contribution is -0.125. The number of carbonyl (C=O) groups excluding carboxylic acids is 1. The van der Waals surface area contributed by atoms with E-state index in [-0.39, 0.29) is 11.8 Å². The first kappa shape index (κ1) is 19.3. The summed E-state index contributed by atoms with van der Waals surface area (Å²) in [6.07, 6.45) is 3.55. The minimum atomic E-state index is -0.0646. The summed E-state index contributed by atoms with van der Waals surface area (Å²) in [4.78, 5) is 19.0. The maximum atomic E-state index is 12.6. The smallest absolute Gasteiger partial charge is 0.225 e. The van der Waals surface area contributed by atoms with Crippen molar-refractivity contribution >= 4 is 23.3 Å². The molecule has 1 atom stereocenters. The van der Waals surface area contributed by atoms with Crippen molar-refractivity contribution in [3.05, 3.63) is 71.5 Å². The van der Waals surface area contributed by atoms with Gasteiger partial charge in [-0.1, -0.05) is 29.8 Å². The van der Waals surface area contributed by atoms with Crippen LogP contribution in [-0.2, 0) is 11.3 Å². The van der Waals surface area contributed by atoms with Crippen molar-refractivity contribution in [2.24, 2.45) is 5.92 Å². The second kappa shape index (κ2) is 9.01. The molecule has 3 aromatic rings. The van der Waals surface area contributed by atoms with Gasteiger partial charge < -0.3 is 10.2 Å². The van der Waals surface area contributed by atoms with Crippen molar-refractivity contribution < 1.29 is 4.79 Å². The van der Waals surface area contributed by atoms with Crippen LogP contribution in [-0.4, -0.2) is 34.2 Å². The number of piperidine rings is 1. The number of hydrogen-bond acceptors (Lipinski definition) is 5. The van der Waals surface area contributed by atoms with Crippen molar-refractivity contribution in [3.8, 4) is 11.3 Å². The lowest BCUT2D eigenvalue weighted by atomic mass is 9.97. The van der Waals surface area contributed by atoms with Crippen LogP contribution in [0.3, 0.4) is 0 Å². The van der Waals surface area contributed by atoms with Crippen molar-refractivity contribution in [2.45, 2.75) is 19.4 Å². The molecule has 1 aliphatic heterocycles. The second-order valence-corrected chi connectivity index (χ2v) is 7.54. The number of anilines is 1. The Morgan fingerprint density at radius 2 is 1.97 bits per heavy atom. The molecule has 29 heavy (non-hydrogen) atoms. The zero-order valence-electron chi connectivity index (χ0n) is 16.0. The number of amides is 1. The van der Waals surface area contributed by atoms with E-state index in [0.29, 0.717) is 18.1 Å². The predicted octanol–water partition coefficient (Wildman–Crippen LogP) is 3.72. The summed E-state index contributed by atoms with van der Waals surface area (Å²) in [6, 6.07) is 17.1. The van der Waals surface area contributed by atoms with E-state index in [4.69, 9.17) is 11.6 Å². The number of carbonyl (C=O) groups is 1. The Hall–Kier alpha value is -2.99. The summed E-state index contributed by atoms with van der Waals surface area (Å²) >= 11 is 5.94. The maximum absolute atomic E-state index is 12.6. The average Bonchev–Trinajstić information content (AvgIpc) is 2.79. The Balaban J connectivity index is 1.37. The summed E-state index contributed by atoms with van der Waals surface area (Å²) < 4.78 is 0. The van der Waals surface area contributed by atoms with Gasteiger partial charge in [-0.25, -0.2) is 0 Å². The Labute approximate surface area is 174 Å². The number of rotatable bonds is 5. The molecule has 1 N–H and O–H groups in total. The van der Waals surface area contributed by atoms with Crippen LogP contribution in [0.4, 0.5) is 5.82 Å². The predicted molar refractivity (Wildman–Crippen MR) is 113 cm³/mol. The van der Waals surface area contributed by atoms with E-state index >= 15 is 0 Å². The number of pyridine rings is 1. The Bertz CT molecular complexity index is 947. The number of aromatic nitrogens is 3. The van der Waals surface area contributed by atoms with Crippen molar-refractivity contribution in [1.82, 2.24) is 20.5 Å². The third-order valence-corrected chi connectivity index (χ3v) is 5.33. The normalized spacial score (nSPS) is 16.4. The minimum Gasteiger partial charge on any atom is -0.354 e. The first-order valence-corrected chi connectivity index (χ1v) is 10.1. The highest BCUT2D eigenvalue weighted by molar-refractivity contribution is 6.30. The van der Waals surface area contributed by atoms with Gasteiger partial charge in [0.2, 0.25) is 5.91 Å². The van der Waals surface area contributed by atoms with E-state index in [1.54, 1.807) is 6.20 Å². The highest BCUT2D eigenvalue weighted by atomic mass is 35.5. The monoisotopic (exact) mass is 407 g/mol. The molecule has 148 valence electrons. The van der Waals surface area contributed by atoms with Gasteiger partial charge in [0.1, 0.15) is 0 Å². The van der Waals surface area contributed by atoms with Gasteiger partial charge in [0.05, 0.1) is 23.9 Å². The largest absolute Gasteiger partial charge is 0.354 e. The molecule has 0 unspecified atom stereocenters. The highest BCUT2D eigenvalue weighted by Crippen LogP contribution is 2.24. The lowest BCUT2D eigenvalue weighted by Crippen LogP contribution is -2.43. The van der Waals surface area contributed by atoms with Gasteiger partial charge in [-0.05, 0) is 49.2 Å². The Morgan fingerprint density at radius 1 is 1.10 bits per heavy atom. The third kappa shape index (κ3) is 4.90. The Kier molecular flexibility index (Phi) is 6.00. The van der Waals surface area contributed by atoms with Crippen LogP contribution in [0.5, 0.6) is 0 Å². The van der Waals surface area contributed by atoms with Gasteiger partial charge in [0, 0.05) is 29.9 Å². The number of nitrogens with zero attached hydrogens (tertiary/aromatic N) is 4. The fourth-order valence-electron chi connectivity index (χ4n) is 3.49. The van der Waals surface area contributed by atoms with E-state index in [9.17, 15) is 4.79 Å². The molecule has 1 aromatic carbocycles. The van der Waals surface area contributed by atoms with Gasteiger partial charge in [0.25, 0.3) is 0 Å². The molecular formula is C22H22ClN5O. The summed E-state index contributed by atoms with van der Waals surface area (Å²) in [6.45, 7) is 1.97. The summed E-state index contributed by atoms with van der Waals surface area (Å²) in [5.41, 5.74) is 2.63. The Morgan fingerprint density at radius 3 is 2.69 bits per heavy atom. The van der Waals surface area contributed by atoms with Crippen molar-refractivity contribution in [3.63, 3.8) is 0 Å². The van der Waals surface area contributed by atoms with Crippen LogP contribution >= 0.6 is 11.6 Å². The van der Waals surface area contributed by atoms with E-state index in [1.807, 2.05) is 54.6 Å². The SMILES string of the molecule is O=C(NCc1ccccn1)[C@H]1CCCN(c2ccc(-c3ccc(Cl)cc3)nn2)C1. The van der Waals surface area contributed by atoms with Crippen LogP contribution < -0.4 is 10.2 Å². The molecule has 1 amide bonds. The zero-order chi connectivity index (χ0) is 20.1. The van der Waals surface area contributed by atoms with Gasteiger partial charge in [-0.15, -0.1) is 10.2 Å². The fraction of sp³-hybridized carbons (Fsp3) is 0.273. The molecule has 4 rings (SSSR count). The van der Waals surface area contributed by atoms with E-state index in [1.165, 1.54) is 0 Å². The van der Waals surface area contributed by atoms with Gasteiger partial charge in [-0.2, -0.15) is 0 Å². The maximum Gasteiger partial charge on any atom is 0.225 e. The zero-order valence-corrected chi connectivity index (χ0v) is 16.7. The van der Waals surface area contributed by atoms with E-state index in [2.05, 4.69) is 25.4 Å². The van der Waals surface area contributed by atoms with Crippen LogP contribution in [0.2, 0.25) is 5.02 Å². The molecule has 6 nitrogen and oxygen atoms in total.